The summed E-state index contributed by atoms with van der Waals surface area (Å²) >= 11 is 0. The molecule has 7 heteroatoms. The average molecular weight is 379 g/mol. The van der Waals surface area contributed by atoms with E-state index in [0.29, 0.717) is 23.8 Å². The first-order chi connectivity index (χ1) is 13.0. The largest absolute Gasteiger partial charge is 0.416 e. The van der Waals surface area contributed by atoms with Crippen LogP contribution in [0.1, 0.15) is 54.9 Å². The van der Waals surface area contributed by atoms with Crippen LogP contribution in [0.4, 0.5) is 13.2 Å². The molecule has 4 nitrogen and oxygen atoms in total. The molecule has 0 amide bonds. The van der Waals surface area contributed by atoms with Gasteiger partial charge in [0.2, 0.25) is 5.89 Å². The Morgan fingerprint density at radius 1 is 1.11 bits per heavy atom. The summed E-state index contributed by atoms with van der Waals surface area (Å²) in [6.45, 7) is 2.75. The highest BCUT2D eigenvalue weighted by Crippen LogP contribution is 2.36. The minimum absolute atomic E-state index is 0.234. The third kappa shape index (κ3) is 4.51. The number of benzene rings is 1. The van der Waals surface area contributed by atoms with Gasteiger partial charge in [0.1, 0.15) is 0 Å². The standard InChI is InChI=1S/C20H24F3N3O/c21-20(22,23)17-7-3-4-14(10-17)11-18-24-19(27-25-18)13-26-9-8-15-5-1-2-6-16(15)12-26/h3-4,7,10,15-16H,1-2,5-6,8-9,11-13H2/t15-,16-/m0/s1. The van der Waals surface area contributed by atoms with Crippen molar-refractivity contribution in [2.24, 2.45) is 11.8 Å². The van der Waals surface area contributed by atoms with Crippen LogP contribution < -0.4 is 0 Å². The van der Waals surface area contributed by atoms with E-state index in [-0.39, 0.29) is 6.42 Å². The fourth-order valence-corrected chi connectivity index (χ4v) is 4.48. The minimum atomic E-state index is -4.34. The van der Waals surface area contributed by atoms with Gasteiger partial charge in [-0.25, -0.2) is 0 Å². The number of fused-ring (bicyclic) bond motifs is 1. The summed E-state index contributed by atoms with van der Waals surface area (Å²) in [6, 6.07) is 5.27. The van der Waals surface area contributed by atoms with Gasteiger partial charge in [-0.2, -0.15) is 18.2 Å². The van der Waals surface area contributed by atoms with Gasteiger partial charge < -0.3 is 4.52 Å². The van der Waals surface area contributed by atoms with E-state index in [0.717, 1.165) is 37.1 Å². The van der Waals surface area contributed by atoms with Gasteiger partial charge in [-0.3, -0.25) is 4.90 Å². The molecule has 0 spiro atoms. The third-order valence-electron chi connectivity index (χ3n) is 5.86. The zero-order chi connectivity index (χ0) is 18.9. The first-order valence-electron chi connectivity index (χ1n) is 9.67. The zero-order valence-corrected chi connectivity index (χ0v) is 15.2. The van der Waals surface area contributed by atoms with Crippen LogP contribution in [0.25, 0.3) is 0 Å². The molecule has 2 heterocycles. The smallest absolute Gasteiger partial charge is 0.338 e. The third-order valence-corrected chi connectivity index (χ3v) is 5.86. The number of piperidine rings is 1. The number of halogens is 3. The van der Waals surface area contributed by atoms with E-state index in [2.05, 4.69) is 15.0 Å². The zero-order valence-electron chi connectivity index (χ0n) is 15.2. The molecule has 1 saturated heterocycles. The van der Waals surface area contributed by atoms with Crippen LogP contribution in [0.2, 0.25) is 0 Å². The summed E-state index contributed by atoms with van der Waals surface area (Å²) in [7, 11) is 0. The van der Waals surface area contributed by atoms with Gasteiger partial charge in [-0.15, -0.1) is 0 Å². The number of hydrogen-bond acceptors (Lipinski definition) is 4. The molecule has 2 atom stereocenters. The lowest BCUT2D eigenvalue weighted by molar-refractivity contribution is -0.137. The average Bonchev–Trinajstić information content (AvgIpc) is 3.08. The quantitative estimate of drug-likeness (QED) is 0.773. The first kappa shape index (κ1) is 18.5. The molecule has 146 valence electrons. The topological polar surface area (TPSA) is 42.2 Å². The van der Waals surface area contributed by atoms with Crippen LogP contribution in [0.15, 0.2) is 28.8 Å². The van der Waals surface area contributed by atoms with Crippen molar-refractivity contribution in [2.45, 2.75) is 51.2 Å². The number of likely N-dealkylation sites (tertiary alicyclic amines) is 1. The van der Waals surface area contributed by atoms with Crippen LogP contribution in [0.3, 0.4) is 0 Å². The molecule has 2 aromatic rings. The van der Waals surface area contributed by atoms with Crippen molar-refractivity contribution in [1.29, 1.82) is 0 Å². The van der Waals surface area contributed by atoms with Gasteiger partial charge in [0.25, 0.3) is 0 Å². The number of nitrogens with zero attached hydrogens (tertiary/aromatic N) is 3. The van der Waals surface area contributed by atoms with Crippen molar-refractivity contribution in [2.75, 3.05) is 13.1 Å². The van der Waals surface area contributed by atoms with Crippen LogP contribution in [0, 0.1) is 11.8 Å². The van der Waals surface area contributed by atoms with Gasteiger partial charge in [0.15, 0.2) is 5.82 Å². The van der Waals surface area contributed by atoms with Crippen molar-refractivity contribution in [3.05, 3.63) is 47.1 Å². The Labute approximate surface area is 156 Å². The predicted molar refractivity (Wildman–Crippen MR) is 93.9 cm³/mol. The lowest BCUT2D eigenvalue weighted by Gasteiger charge is -2.40. The molecule has 1 saturated carbocycles. The van der Waals surface area contributed by atoms with Gasteiger partial charge in [-0.05, 0) is 42.9 Å². The van der Waals surface area contributed by atoms with E-state index < -0.39 is 11.7 Å². The second kappa shape index (κ2) is 7.62. The maximum Gasteiger partial charge on any atom is 0.416 e. The van der Waals surface area contributed by atoms with Crippen LogP contribution >= 0.6 is 0 Å². The Hall–Kier alpha value is -1.89. The van der Waals surface area contributed by atoms with Crippen LogP contribution in [0.5, 0.6) is 0 Å². The van der Waals surface area contributed by atoms with Crippen molar-refractivity contribution < 1.29 is 17.7 Å². The summed E-state index contributed by atoms with van der Waals surface area (Å²) < 4.78 is 43.9. The maximum absolute atomic E-state index is 12.8. The molecule has 4 rings (SSSR count). The lowest BCUT2D eigenvalue weighted by atomic mass is 9.75. The lowest BCUT2D eigenvalue weighted by Crippen LogP contribution is -2.41. The number of aromatic nitrogens is 2. The van der Waals surface area contributed by atoms with E-state index in [9.17, 15) is 13.2 Å². The summed E-state index contributed by atoms with van der Waals surface area (Å²) in [5.74, 6) is 2.62. The summed E-state index contributed by atoms with van der Waals surface area (Å²) in [4.78, 5) is 6.76. The second-order valence-electron chi connectivity index (χ2n) is 7.81. The number of rotatable bonds is 4. The molecule has 0 unspecified atom stereocenters. The molecule has 1 aromatic heterocycles. The van der Waals surface area contributed by atoms with Gasteiger partial charge in [0, 0.05) is 13.0 Å². The maximum atomic E-state index is 12.8. The molecule has 1 aromatic carbocycles. The molecule has 0 radical (unpaired) electrons. The second-order valence-corrected chi connectivity index (χ2v) is 7.81. The molecular formula is C20H24F3N3O. The highest BCUT2D eigenvalue weighted by molar-refractivity contribution is 5.27. The van der Waals surface area contributed by atoms with Crippen molar-refractivity contribution in [3.8, 4) is 0 Å². The van der Waals surface area contributed by atoms with Crippen molar-refractivity contribution >= 4 is 0 Å². The molecule has 0 bridgehead atoms. The fraction of sp³-hybridized carbons (Fsp3) is 0.600. The first-order valence-corrected chi connectivity index (χ1v) is 9.67. The summed E-state index contributed by atoms with van der Waals surface area (Å²) in [6.07, 6.45) is 2.49. The van der Waals surface area contributed by atoms with Gasteiger partial charge >= 0.3 is 6.18 Å². The fourth-order valence-electron chi connectivity index (χ4n) is 4.48. The predicted octanol–water partition coefficient (Wildman–Crippen LogP) is 4.69. The molecule has 1 aliphatic heterocycles. The molecule has 0 N–H and O–H groups in total. The Morgan fingerprint density at radius 2 is 1.93 bits per heavy atom. The normalized spacial score (nSPS) is 24.0. The summed E-state index contributed by atoms with van der Waals surface area (Å²) in [5, 5.41) is 3.96. The molecule has 2 fully saturated rings. The molecule has 27 heavy (non-hydrogen) atoms. The Kier molecular flexibility index (Phi) is 5.21. The van der Waals surface area contributed by atoms with Crippen molar-refractivity contribution in [1.82, 2.24) is 15.0 Å². The minimum Gasteiger partial charge on any atom is -0.338 e. The monoisotopic (exact) mass is 379 g/mol. The molecular weight excluding hydrogens is 355 g/mol. The Morgan fingerprint density at radius 3 is 2.74 bits per heavy atom. The van der Waals surface area contributed by atoms with E-state index in [4.69, 9.17) is 4.52 Å². The number of alkyl halides is 3. The van der Waals surface area contributed by atoms with E-state index in [1.165, 1.54) is 38.2 Å². The van der Waals surface area contributed by atoms with Crippen molar-refractivity contribution in [3.63, 3.8) is 0 Å². The highest BCUT2D eigenvalue weighted by Gasteiger charge is 2.32. The highest BCUT2D eigenvalue weighted by atomic mass is 19.4. The van der Waals surface area contributed by atoms with Crippen LogP contribution in [-0.2, 0) is 19.1 Å². The Balaban J connectivity index is 1.36. The van der Waals surface area contributed by atoms with Gasteiger partial charge in [0.05, 0.1) is 12.1 Å². The Bertz CT molecular complexity index is 774. The molecule has 2 aliphatic rings. The number of hydrogen-bond donors (Lipinski definition) is 0. The van der Waals surface area contributed by atoms with E-state index in [1.54, 1.807) is 6.07 Å². The summed E-state index contributed by atoms with van der Waals surface area (Å²) in [5.41, 5.74) is -0.126. The van der Waals surface area contributed by atoms with E-state index >= 15 is 0 Å². The molecule has 1 aliphatic carbocycles. The van der Waals surface area contributed by atoms with E-state index in [1.807, 2.05) is 0 Å². The van der Waals surface area contributed by atoms with Gasteiger partial charge in [-0.1, -0.05) is 42.6 Å². The van der Waals surface area contributed by atoms with Crippen LogP contribution in [-0.4, -0.2) is 28.1 Å². The SMILES string of the molecule is FC(F)(F)c1cccc(Cc2noc(CN3CC[C@@H]4CCCC[C@H]4C3)n2)c1.